The molecular weight excluding hydrogens is 260 g/mol. The minimum atomic E-state index is 0.427. The van der Waals surface area contributed by atoms with Crippen LogP contribution < -0.4 is 0 Å². The van der Waals surface area contributed by atoms with Crippen LogP contribution >= 0.6 is 11.6 Å². The van der Waals surface area contributed by atoms with Gasteiger partial charge in [0.25, 0.3) is 0 Å². The molecule has 1 aliphatic carbocycles. The second-order valence-corrected chi connectivity index (χ2v) is 5.22. The largest absolute Gasteiger partial charge is 0.435 e. The number of benzene rings is 1. The highest BCUT2D eigenvalue weighted by molar-refractivity contribution is 6.31. The minimum Gasteiger partial charge on any atom is -0.435 e. The van der Waals surface area contributed by atoms with E-state index in [1.165, 1.54) is 12.0 Å². The average Bonchev–Trinajstić information content (AvgIpc) is 2.83. The fourth-order valence-electron chi connectivity index (χ4n) is 2.51. The fourth-order valence-corrected chi connectivity index (χ4v) is 2.68. The maximum Gasteiger partial charge on any atom is 0.238 e. The van der Waals surface area contributed by atoms with Crippen molar-refractivity contribution in [2.75, 3.05) is 0 Å². The molecule has 1 aromatic carbocycles. The van der Waals surface area contributed by atoms with Crippen molar-refractivity contribution in [3.05, 3.63) is 34.7 Å². The van der Waals surface area contributed by atoms with Crippen LogP contribution in [0.15, 0.2) is 28.2 Å². The average molecular weight is 273 g/mol. The van der Waals surface area contributed by atoms with Crippen molar-refractivity contribution in [3.8, 4) is 6.07 Å². The molecule has 1 saturated carbocycles. The van der Waals surface area contributed by atoms with Crippen LogP contribution in [-0.2, 0) is 0 Å². The van der Waals surface area contributed by atoms with Crippen LogP contribution in [0, 0.1) is 11.3 Å². The molecule has 0 aliphatic heterocycles. The van der Waals surface area contributed by atoms with Crippen LogP contribution in [0.1, 0.15) is 38.0 Å². The second-order valence-electron chi connectivity index (χ2n) is 4.78. The third-order valence-electron chi connectivity index (χ3n) is 3.49. The monoisotopic (exact) mass is 272 g/mol. The molecule has 96 valence electrons. The lowest BCUT2D eigenvalue weighted by Crippen LogP contribution is -1.97. The summed E-state index contributed by atoms with van der Waals surface area (Å²) in [6.45, 7) is 0. The Hall–Kier alpha value is -1.79. The molecule has 0 atom stereocenters. The number of halogens is 1. The van der Waals surface area contributed by atoms with Crippen LogP contribution in [0.4, 0.5) is 0 Å². The van der Waals surface area contributed by atoms with E-state index in [1.807, 2.05) is 0 Å². The summed E-state index contributed by atoms with van der Waals surface area (Å²) in [6.07, 6.45) is 5.48. The molecule has 1 heterocycles. The number of allylic oxidation sites excluding steroid dienone is 2. The number of nitriles is 1. The Morgan fingerprint density at radius 2 is 2.05 bits per heavy atom. The highest BCUT2D eigenvalue weighted by Crippen LogP contribution is 2.31. The number of rotatable bonds is 1. The molecule has 0 unspecified atom stereocenters. The molecule has 2 aromatic rings. The second kappa shape index (κ2) is 5.07. The topological polar surface area (TPSA) is 49.8 Å². The summed E-state index contributed by atoms with van der Waals surface area (Å²) in [5, 5.41) is 10.00. The van der Waals surface area contributed by atoms with E-state index in [2.05, 4.69) is 11.1 Å². The first kappa shape index (κ1) is 12.3. The van der Waals surface area contributed by atoms with Crippen molar-refractivity contribution in [2.24, 2.45) is 0 Å². The van der Waals surface area contributed by atoms with Gasteiger partial charge in [0.1, 0.15) is 17.2 Å². The van der Waals surface area contributed by atoms with E-state index in [0.717, 1.165) is 25.7 Å². The molecule has 4 heteroatoms. The fraction of sp³-hybridized carbons (Fsp3) is 0.333. The first-order chi connectivity index (χ1) is 9.28. The van der Waals surface area contributed by atoms with E-state index in [9.17, 15) is 5.26 Å². The van der Waals surface area contributed by atoms with Crippen LogP contribution in [-0.4, -0.2) is 4.98 Å². The van der Waals surface area contributed by atoms with Gasteiger partial charge >= 0.3 is 0 Å². The van der Waals surface area contributed by atoms with Crippen LogP contribution in [0.2, 0.25) is 5.02 Å². The van der Waals surface area contributed by atoms with Crippen LogP contribution in [0.3, 0.4) is 0 Å². The summed E-state index contributed by atoms with van der Waals surface area (Å²) in [7, 11) is 0. The number of fused-ring (bicyclic) bond motifs is 1. The molecule has 0 radical (unpaired) electrons. The Labute approximate surface area is 116 Å². The predicted octanol–water partition coefficient (Wildman–Crippen LogP) is 4.72. The molecule has 1 aliphatic rings. The zero-order valence-electron chi connectivity index (χ0n) is 10.4. The van der Waals surface area contributed by atoms with E-state index in [-0.39, 0.29) is 0 Å². The van der Waals surface area contributed by atoms with Crippen LogP contribution in [0.25, 0.3) is 16.7 Å². The molecular formula is C15H13ClN2O. The van der Waals surface area contributed by atoms with Gasteiger partial charge in [0.05, 0.1) is 0 Å². The van der Waals surface area contributed by atoms with Gasteiger partial charge in [-0.3, -0.25) is 0 Å². The maximum atomic E-state index is 9.38. The lowest BCUT2D eigenvalue weighted by Gasteiger charge is -2.14. The molecule has 3 rings (SSSR count). The third kappa shape index (κ3) is 2.36. The van der Waals surface area contributed by atoms with Gasteiger partial charge in [0.15, 0.2) is 5.58 Å². The van der Waals surface area contributed by atoms with Gasteiger partial charge in [0.2, 0.25) is 5.89 Å². The highest BCUT2D eigenvalue weighted by Gasteiger charge is 2.17. The van der Waals surface area contributed by atoms with E-state index >= 15 is 0 Å². The summed E-state index contributed by atoms with van der Waals surface area (Å²) in [6, 6.07) is 7.56. The Morgan fingerprint density at radius 3 is 2.79 bits per heavy atom. The SMILES string of the molecule is N#CC(=C1CCCCC1)c1nc2cc(Cl)ccc2o1. The highest BCUT2D eigenvalue weighted by atomic mass is 35.5. The standard InChI is InChI=1S/C15H13ClN2O/c16-11-6-7-14-13(8-11)18-15(19-14)12(9-17)10-4-2-1-3-5-10/h6-8H,1-5H2. The molecule has 3 nitrogen and oxygen atoms in total. The number of oxazole rings is 1. The van der Waals surface area contributed by atoms with Gasteiger partial charge in [-0.25, -0.2) is 4.98 Å². The number of nitrogens with zero attached hydrogens (tertiary/aromatic N) is 2. The molecule has 0 spiro atoms. The molecule has 0 saturated heterocycles. The van der Waals surface area contributed by atoms with Gasteiger partial charge in [-0.15, -0.1) is 0 Å². The number of hydrogen-bond acceptors (Lipinski definition) is 3. The molecule has 0 bridgehead atoms. The zero-order valence-corrected chi connectivity index (χ0v) is 11.2. The number of hydrogen-bond donors (Lipinski definition) is 0. The van der Waals surface area contributed by atoms with Crippen molar-refractivity contribution >= 4 is 28.3 Å². The Bertz CT molecular complexity index is 686. The van der Waals surface area contributed by atoms with E-state index in [0.29, 0.717) is 27.6 Å². The summed E-state index contributed by atoms with van der Waals surface area (Å²) in [4.78, 5) is 4.39. The van der Waals surface area contributed by atoms with Crippen molar-refractivity contribution in [1.29, 1.82) is 5.26 Å². The first-order valence-electron chi connectivity index (χ1n) is 6.46. The van der Waals surface area contributed by atoms with Gasteiger partial charge in [-0.05, 0) is 49.5 Å². The van der Waals surface area contributed by atoms with Gasteiger partial charge in [-0.1, -0.05) is 18.0 Å². The van der Waals surface area contributed by atoms with Crippen molar-refractivity contribution < 1.29 is 4.42 Å². The molecule has 19 heavy (non-hydrogen) atoms. The smallest absolute Gasteiger partial charge is 0.238 e. The molecule has 1 fully saturated rings. The Kier molecular flexibility index (Phi) is 3.27. The summed E-state index contributed by atoms with van der Waals surface area (Å²) in [5.41, 5.74) is 3.15. The van der Waals surface area contributed by atoms with E-state index in [4.69, 9.17) is 16.0 Å². The Balaban J connectivity index is 2.09. The zero-order chi connectivity index (χ0) is 13.2. The normalized spacial score (nSPS) is 15.5. The maximum absolute atomic E-state index is 9.38. The third-order valence-corrected chi connectivity index (χ3v) is 3.72. The Morgan fingerprint density at radius 1 is 1.26 bits per heavy atom. The minimum absolute atomic E-state index is 0.427. The summed E-state index contributed by atoms with van der Waals surface area (Å²) >= 11 is 5.93. The van der Waals surface area contributed by atoms with E-state index < -0.39 is 0 Å². The summed E-state index contributed by atoms with van der Waals surface area (Å²) in [5.74, 6) is 0.427. The van der Waals surface area contributed by atoms with Gasteiger partial charge < -0.3 is 4.42 Å². The predicted molar refractivity (Wildman–Crippen MR) is 74.6 cm³/mol. The number of aromatic nitrogens is 1. The lowest BCUT2D eigenvalue weighted by atomic mass is 9.91. The first-order valence-corrected chi connectivity index (χ1v) is 6.84. The lowest BCUT2D eigenvalue weighted by molar-refractivity contribution is 0.573. The quantitative estimate of drug-likeness (QED) is 0.706. The molecule has 0 amide bonds. The van der Waals surface area contributed by atoms with Crippen molar-refractivity contribution in [3.63, 3.8) is 0 Å². The van der Waals surface area contributed by atoms with Crippen LogP contribution in [0.5, 0.6) is 0 Å². The van der Waals surface area contributed by atoms with Crippen molar-refractivity contribution in [2.45, 2.75) is 32.1 Å². The van der Waals surface area contributed by atoms with Gasteiger partial charge in [-0.2, -0.15) is 5.26 Å². The molecule has 1 aromatic heterocycles. The molecule has 0 N–H and O–H groups in total. The van der Waals surface area contributed by atoms with Crippen molar-refractivity contribution in [1.82, 2.24) is 4.98 Å². The summed E-state index contributed by atoms with van der Waals surface area (Å²) < 4.78 is 5.68. The van der Waals surface area contributed by atoms with E-state index in [1.54, 1.807) is 18.2 Å². The van der Waals surface area contributed by atoms with Gasteiger partial charge in [0, 0.05) is 5.02 Å².